The Hall–Kier alpha value is -1.30. The Balaban J connectivity index is 1.81. The molecule has 0 unspecified atom stereocenters. The molecular formula is C17H25ClN2O3. The number of hydrogen-bond acceptors (Lipinski definition) is 4. The first-order valence-corrected chi connectivity index (χ1v) is 8.38. The Morgan fingerprint density at radius 2 is 2.35 bits per heavy atom. The Morgan fingerprint density at radius 1 is 1.57 bits per heavy atom. The summed E-state index contributed by atoms with van der Waals surface area (Å²) >= 11 is 6.08. The molecule has 23 heavy (non-hydrogen) atoms. The molecule has 2 rings (SSSR count). The minimum Gasteiger partial charge on any atom is -0.489 e. The number of hydrogen-bond donors (Lipinski definition) is 2. The standard InChI is InChI=1S/C17H25ClN2O3/c1-12-5-6-15(18)16(8-12)23-11-14(21)10-20-7-3-4-13(9-20)17(22)19-2/h5-6,8,13-14,21H,3-4,7,9-11H2,1-2H3,(H,19,22)/t13-,14-/m0/s1. The molecular weight excluding hydrogens is 316 g/mol. The third-order valence-corrected chi connectivity index (χ3v) is 4.42. The van der Waals surface area contributed by atoms with Gasteiger partial charge in [0.15, 0.2) is 0 Å². The largest absolute Gasteiger partial charge is 0.489 e. The van der Waals surface area contributed by atoms with Crippen LogP contribution in [0.4, 0.5) is 0 Å². The van der Waals surface area contributed by atoms with E-state index in [1.54, 1.807) is 13.1 Å². The van der Waals surface area contributed by atoms with E-state index in [9.17, 15) is 9.90 Å². The van der Waals surface area contributed by atoms with Gasteiger partial charge in [-0.15, -0.1) is 0 Å². The summed E-state index contributed by atoms with van der Waals surface area (Å²) in [6.45, 7) is 4.23. The van der Waals surface area contributed by atoms with Crippen LogP contribution >= 0.6 is 11.6 Å². The van der Waals surface area contributed by atoms with Crippen molar-refractivity contribution in [2.75, 3.05) is 33.3 Å². The van der Waals surface area contributed by atoms with Crippen LogP contribution in [-0.4, -0.2) is 55.3 Å². The number of aliphatic hydroxyl groups excluding tert-OH is 1. The summed E-state index contributed by atoms with van der Waals surface area (Å²) < 4.78 is 5.63. The maximum atomic E-state index is 11.7. The van der Waals surface area contributed by atoms with E-state index in [4.69, 9.17) is 16.3 Å². The second-order valence-corrected chi connectivity index (χ2v) is 6.52. The molecule has 1 saturated heterocycles. The maximum absolute atomic E-state index is 11.7. The molecule has 1 aromatic rings. The predicted octanol–water partition coefficient (Wildman–Crippen LogP) is 1.85. The number of nitrogens with zero attached hydrogens (tertiary/aromatic N) is 1. The van der Waals surface area contributed by atoms with Crippen LogP contribution in [0, 0.1) is 12.8 Å². The highest BCUT2D eigenvalue weighted by Crippen LogP contribution is 2.25. The van der Waals surface area contributed by atoms with E-state index in [0.717, 1.165) is 24.9 Å². The van der Waals surface area contributed by atoms with Crippen LogP contribution in [0.2, 0.25) is 5.02 Å². The van der Waals surface area contributed by atoms with Crippen molar-refractivity contribution < 1.29 is 14.6 Å². The fourth-order valence-electron chi connectivity index (χ4n) is 2.90. The molecule has 0 spiro atoms. The highest BCUT2D eigenvalue weighted by Gasteiger charge is 2.26. The van der Waals surface area contributed by atoms with E-state index in [0.29, 0.717) is 23.9 Å². The van der Waals surface area contributed by atoms with Gasteiger partial charge >= 0.3 is 0 Å². The molecule has 1 aliphatic rings. The minimum atomic E-state index is -0.616. The molecule has 6 heteroatoms. The van der Waals surface area contributed by atoms with E-state index < -0.39 is 6.10 Å². The normalized spacial score (nSPS) is 20.1. The van der Waals surface area contributed by atoms with Crippen molar-refractivity contribution in [1.82, 2.24) is 10.2 Å². The van der Waals surface area contributed by atoms with Gasteiger partial charge in [0, 0.05) is 20.1 Å². The molecule has 1 aliphatic heterocycles. The van der Waals surface area contributed by atoms with Gasteiger partial charge in [-0.1, -0.05) is 17.7 Å². The molecule has 128 valence electrons. The molecule has 0 aliphatic carbocycles. The molecule has 0 saturated carbocycles. The van der Waals surface area contributed by atoms with Crippen molar-refractivity contribution in [3.8, 4) is 5.75 Å². The molecule has 5 nitrogen and oxygen atoms in total. The zero-order valence-electron chi connectivity index (χ0n) is 13.7. The number of likely N-dealkylation sites (tertiary alicyclic amines) is 1. The summed E-state index contributed by atoms with van der Waals surface area (Å²) in [6, 6.07) is 5.56. The number of aliphatic hydroxyl groups is 1. The lowest BCUT2D eigenvalue weighted by atomic mass is 9.97. The molecule has 1 aromatic carbocycles. The van der Waals surface area contributed by atoms with Gasteiger partial charge < -0.3 is 15.2 Å². The lowest BCUT2D eigenvalue weighted by Crippen LogP contribution is -2.45. The van der Waals surface area contributed by atoms with Gasteiger partial charge in [0.2, 0.25) is 5.91 Å². The van der Waals surface area contributed by atoms with Gasteiger partial charge in [0.25, 0.3) is 0 Å². The topological polar surface area (TPSA) is 61.8 Å². The van der Waals surface area contributed by atoms with E-state index in [1.165, 1.54) is 0 Å². The van der Waals surface area contributed by atoms with Gasteiger partial charge in [0.05, 0.1) is 10.9 Å². The summed E-state index contributed by atoms with van der Waals surface area (Å²) in [5, 5.41) is 13.4. The van der Waals surface area contributed by atoms with E-state index >= 15 is 0 Å². The van der Waals surface area contributed by atoms with Crippen molar-refractivity contribution in [1.29, 1.82) is 0 Å². The Labute approximate surface area is 142 Å². The van der Waals surface area contributed by atoms with E-state index in [-0.39, 0.29) is 18.4 Å². The Morgan fingerprint density at radius 3 is 3.09 bits per heavy atom. The Kier molecular flexibility index (Phi) is 6.69. The quantitative estimate of drug-likeness (QED) is 0.829. The maximum Gasteiger partial charge on any atom is 0.224 e. The third-order valence-electron chi connectivity index (χ3n) is 4.11. The Bertz CT molecular complexity index is 539. The second kappa shape index (κ2) is 8.52. The van der Waals surface area contributed by atoms with Crippen molar-refractivity contribution in [2.24, 2.45) is 5.92 Å². The van der Waals surface area contributed by atoms with Gasteiger partial charge in [-0.05, 0) is 44.0 Å². The number of aryl methyl sites for hydroxylation is 1. The zero-order chi connectivity index (χ0) is 16.8. The molecule has 2 N–H and O–H groups in total. The third kappa shape index (κ3) is 5.37. The molecule has 2 atom stereocenters. The number of rotatable bonds is 6. The minimum absolute atomic E-state index is 0.00749. The number of halogens is 1. The van der Waals surface area contributed by atoms with Gasteiger partial charge in [-0.25, -0.2) is 0 Å². The average Bonchev–Trinajstić information content (AvgIpc) is 2.55. The summed E-state index contributed by atoms with van der Waals surface area (Å²) in [4.78, 5) is 13.9. The molecule has 0 radical (unpaired) electrons. The molecule has 1 amide bonds. The number of nitrogens with one attached hydrogen (secondary N) is 1. The van der Waals surface area contributed by atoms with Crippen LogP contribution in [-0.2, 0) is 4.79 Å². The number of amides is 1. The van der Waals surface area contributed by atoms with Crippen LogP contribution in [0.5, 0.6) is 5.75 Å². The predicted molar refractivity (Wildman–Crippen MR) is 90.9 cm³/mol. The van der Waals surface area contributed by atoms with Crippen LogP contribution in [0.1, 0.15) is 18.4 Å². The summed E-state index contributed by atoms with van der Waals surface area (Å²) in [7, 11) is 1.66. The first kappa shape index (κ1) is 18.0. The number of β-amino-alcohol motifs (C(OH)–C–C–N with tert-alkyl or cyclic N) is 1. The van der Waals surface area contributed by atoms with Crippen LogP contribution in [0.25, 0.3) is 0 Å². The van der Waals surface area contributed by atoms with Crippen LogP contribution < -0.4 is 10.1 Å². The average molecular weight is 341 g/mol. The smallest absolute Gasteiger partial charge is 0.224 e. The van der Waals surface area contributed by atoms with Crippen molar-refractivity contribution in [2.45, 2.75) is 25.9 Å². The first-order valence-electron chi connectivity index (χ1n) is 8.00. The van der Waals surface area contributed by atoms with Crippen molar-refractivity contribution in [3.05, 3.63) is 28.8 Å². The number of carbonyl (C=O) groups excluding carboxylic acids is 1. The molecule has 1 heterocycles. The fourth-order valence-corrected chi connectivity index (χ4v) is 3.07. The summed E-state index contributed by atoms with van der Waals surface area (Å²) in [5.74, 6) is 0.674. The van der Waals surface area contributed by atoms with Crippen molar-refractivity contribution >= 4 is 17.5 Å². The van der Waals surface area contributed by atoms with E-state index in [1.807, 2.05) is 19.1 Å². The highest BCUT2D eigenvalue weighted by atomic mass is 35.5. The molecule has 0 aromatic heterocycles. The molecule has 1 fully saturated rings. The van der Waals surface area contributed by atoms with Gasteiger partial charge in [0.1, 0.15) is 18.5 Å². The highest BCUT2D eigenvalue weighted by molar-refractivity contribution is 6.32. The van der Waals surface area contributed by atoms with Crippen LogP contribution in [0.3, 0.4) is 0 Å². The SMILES string of the molecule is CNC(=O)[C@H]1CCCN(C[C@H](O)COc2cc(C)ccc2Cl)C1. The number of ether oxygens (including phenoxy) is 1. The number of piperidine rings is 1. The van der Waals surface area contributed by atoms with Gasteiger partial charge in [-0.3, -0.25) is 9.69 Å². The summed E-state index contributed by atoms with van der Waals surface area (Å²) in [5.41, 5.74) is 1.06. The summed E-state index contributed by atoms with van der Waals surface area (Å²) in [6.07, 6.45) is 1.26. The van der Waals surface area contributed by atoms with Gasteiger partial charge in [-0.2, -0.15) is 0 Å². The monoisotopic (exact) mass is 340 g/mol. The van der Waals surface area contributed by atoms with Crippen molar-refractivity contribution in [3.63, 3.8) is 0 Å². The second-order valence-electron chi connectivity index (χ2n) is 6.11. The molecule has 0 bridgehead atoms. The zero-order valence-corrected chi connectivity index (χ0v) is 14.5. The van der Waals surface area contributed by atoms with E-state index in [2.05, 4.69) is 10.2 Å². The number of benzene rings is 1. The number of carbonyl (C=O) groups is 1. The first-order chi connectivity index (χ1) is 11.0. The lowest BCUT2D eigenvalue weighted by Gasteiger charge is -2.32. The van der Waals surface area contributed by atoms with Crippen LogP contribution in [0.15, 0.2) is 18.2 Å². The lowest BCUT2D eigenvalue weighted by molar-refractivity contribution is -0.126. The fraction of sp³-hybridized carbons (Fsp3) is 0.588.